The Morgan fingerprint density at radius 1 is 0.880 bits per heavy atom. The molecule has 3 heteroatoms. The van der Waals surface area contributed by atoms with Crippen LogP contribution in [-0.4, -0.2) is 4.57 Å². The molecule has 0 saturated heterocycles. The fourth-order valence-corrected chi connectivity index (χ4v) is 3.42. The first kappa shape index (κ1) is 15.6. The highest BCUT2D eigenvalue weighted by molar-refractivity contribution is 5.87. The van der Waals surface area contributed by atoms with Gasteiger partial charge >= 0.3 is 0 Å². The topological polar surface area (TPSA) is 21.2 Å². The molecule has 0 aliphatic rings. The quantitative estimate of drug-likeness (QED) is 0.499. The number of rotatable bonds is 3. The van der Waals surface area contributed by atoms with E-state index in [1.807, 2.05) is 0 Å². The van der Waals surface area contributed by atoms with E-state index in [9.17, 15) is 0 Å². The highest BCUT2D eigenvalue weighted by atomic mass is 15.0. The molecule has 0 unspecified atom stereocenters. The van der Waals surface area contributed by atoms with Crippen molar-refractivity contribution in [2.45, 2.75) is 26.9 Å². The van der Waals surface area contributed by atoms with Gasteiger partial charge in [-0.2, -0.15) is 4.57 Å². The molecule has 3 nitrogen and oxygen atoms in total. The Morgan fingerprint density at radius 3 is 2.44 bits per heavy atom. The molecule has 25 heavy (non-hydrogen) atoms. The Morgan fingerprint density at radius 2 is 1.64 bits per heavy atom. The zero-order valence-electron chi connectivity index (χ0n) is 14.7. The first-order chi connectivity index (χ1) is 12.3. The van der Waals surface area contributed by atoms with Crippen molar-refractivity contribution >= 4 is 27.5 Å². The SMILES string of the molecule is CCn1ccc(=Nc2cc[n+](CC)c3ccccc23)c2ccccc21. The number of pyridine rings is 2. The third kappa shape index (κ3) is 2.72. The highest BCUT2D eigenvalue weighted by Gasteiger charge is 2.10. The van der Waals surface area contributed by atoms with Gasteiger partial charge in [0.15, 0.2) is 6.20 Å². The van der Waals surface area contributed by atoms with Gasteiger partial charge in [-0.1, -0.05) is 30.3 Å². The second-order valence-electron chi connectivity index (χ2n) is 6.12. The molecule has 0 saturated carbocycles. The highest BCUT2D eigenvalue weighted by Crippen LogP contribution is 2.23. The molecule has 0 spiro atoms. The lowest BCUT2D eigenvalue weighted by Gasteiger charge is -2.09. The van der Waals surface area contributed by atoms with Crippen LogP contribution >= 0.6 is 0 Å². The van der Waals surface area contributed by atoms with E-state index >= 15 is 0 Å². The molecule has 0 fully saturated rings. The van der Waals surface area contributed by atoms with Gasteiger partial charge in [0.05, 0.1) is 21.9 Å². The molecule has 0 aliphatic carbocycles. The van der Waals surface area contributed by atoms with Crippen LogP contribution in [0.1, 0.15) is 13.8 Å². The van der Waals surface area contributed by atoms with Crippen LogP contribution in [0.15, 0.2) is 78.0 Å². The maximum Gasteiger partial charge on any atom is 0.214 e. The number of benzene rings is 2. The van der Waals surface area contributed by atoms with Gasteiger partial charge in [-0.15, -0.1) is 0 Å². The second kappa shape index (κ2) is 6.52. The average Bonchev–Trinajstić information content (AvgIpc) is 2.68. The van der Waals surface area contributed by atoms with E-state index in [1.165, 1.54) is 21.8 Å². The molecule has 0 N–H and O–H groups in total. The summed E-state index contributed by atoms with van der Waals surface area (Å²) in [4.78, 5) is 5.02. The summed E-state index contributed by atoms with van der Waals surface area (Å²) in [6, 6.07) is 21.2. The van der Waals surface area contributed by atoms with Gasteiger partial charge in [-0.05, 0) is 32.0 Å². The summed E-state index contributed by atoms with van der Waals surface area (Å²) in [6.07, 6.45) is 4.25. The average molecular weight is 328 g/mol. The Bertz CT molecular complexity index is 1120. The third-order valence-corrected chi connectivity index (χ3v) is 4.73. The minimum absolute atomic E-state index is 0.950. The lowest BCUT2D eigenvalue weighted by Crippen LogP contribution is -2.32. The smallest absolute Gasteiger partial charge is 0.214 e. The molecular weight excluding hydrogens is 306 g/mol. The molecule has 0 atom stereocenters. The standard InChI is InChI=1S/C22H22N3/c1-3-24-15-13-19(17-9-5-7-11-21(17)24)23-20-14-16-25(4-2)22-12-8-6-10-18(20)22/h5-16H,3-4H2,1-2H3/q+1. The summed E-state index contributed by atoms with van der Waals surface area (Å²) < 4.78 is 4.50. The number of hydrogen-bond acceptors (Lipinski definition) is 1. The molecule has 124 valence electrons. The number of fused-ring (bicyclic) bond motifs is 2. The van der Waals surface area contributed by atoms with Crippen LogP contribution in [0.4, 0.5) is 5.69 Å². The van der Waals surface area contributed by atoms with Crippen molar-refractivity contribution in [3.8, 4) is 0 Å². The van der Waals surface area contributed by atoms with Gasteiger partial charge < -0.3 is 4.57 Å². The van der Waals surface area contributed by atoms with Gasteiger partial charge in [0.1, 0.15) is 6.54 Å². The van der Waals surface area contributed by atoms with Gasteiger partial charge in [0.2, 0.25) is 5.52 Å². The summed E-state index contributed by atoms with van der Waals surface area (Å²) in [6.45, 7) is 6.23. The number of aryl methyl sites for hydroxylation is 2. The lowest BCUT2D eigenvalue weighted by molar-refractivity contribution is -0.667. The van der Waals surface area contributed by atoms with Crippen LogP contribution in [0.3, 0.4) is 0 Å². The van der Waals surface area contributed by atoms with Crippen LogP contribution in [0.5, 0.6) is 0 Å². The largest absolute Gasteiger partial charge is 0.348 e. The second-order valence-corrected chi connectivity index (χ2v) is 6.12. The predicted molar refractivity (Wildman–Crippen MR) is 103 cm³/mol. The van der Waals surface area contributed by atoms with Crippen molar-refractivity contribution in [3.63, 3.8) is 0 Å². The summed E-state index contributed by atoms with van der Waals surface area (Å²) in [5, 5.41) is 3.38. The Kier molecular flexibility index (Phi) is 4.06. The minimum Gasteiger partial charge on any atom is -0.348 e. The van der Waals surface area contributed by atoms with Crippen LogP contribution in [0, 0.1) is 0 Å². The monoisotopic (exact) mass is 328 g/mol. The minimum atomic E-state index is 0.950. The van der Waals surface area contributed by atoms with E-state index in [4.69, 9.17) is 4.99 Å². The Labute approximate surface area is 147 Å². The summed E-state index contributed by atoms with van der Waals surface area (Å²) in [7, 11) is 0. The lowest BCUT2D eigenvalue weighted by atomic mass is 10.1. The maximum absolute atomic E-state index is 5.02. The van der Waals surface area contributed by atoms with Gasteiger partial charge in [0, 0.05) is 30.3 Å². The van der Waals surface area contributed by atoms with Crippen LogP contribution in [0.2, 0.25) is 0 Å². The van der Waals surface area contributed by atoms with Crippen LogP contribution < -0.4 is 9.92 Å². The van der Waals surface area contributed by atoms with E-state index in [2.05, 4.69) is 96.0 Å². The molecule has 0 aliphatic heterocycles. The van der Waals surface area contributed by atoms with Crippen molar-refractivity contribution in [1.29, 1.82) is 0 Å². The van der Waals surface area contributed by atoms with Crippen LogP contribution in [-0.2, 0) is 13.1 Å². The summed E-state index contributed by atoms with van der Waals surface area (Å²) >= 11 is 0. The molecule has 0 amide bonds. The molecule has 2 aromatic carbocycles. The van der Waals surface area contributed by atoms with Crippen molar-refractivity contribution in [2.75, 3.05) is 0 Å². The van der Waals surface area contributed by atoms with E-state index in [0.717, 1.165) is 24.1 Å². The van der Waals surface area contributed by atoms with Gasteiger partial charge in [-0.3, -0.25) is 0 Å². The number of nitrogens with zero attached hydrogens (tertiary/aromatic N) is 3. The summed E-state index contributed by atoms with van der Waals surface area (Å²) in [5.74, 6) is 0. The third-order valence-electron chi connectivity index (χ3n) is 4.73. The van der Waals surface area contributed by atoms with Crippen molar-refractivity contribution in [1.82, 2.24) is 4.57 Å². The molecule has 4 rings (SSSR count). The van der Waals surface area contributed by atoms with E-state index in [0.29, 0.717) is 0 Å². The van der Waals surface area contributed by atoms with Gasteiger partial charge in [0.25, 0.3) is 0 Å². The van der Waals surface area contributed by atoms with E-state index in [-0.39, 0.29) is 0 Å². The van der Waals surface area contributed by atoms with E-state index in [1.54, 1.807) is 0 Å². The first-order valence-corrected chi connectivity index (χ1v) is 8.86. The normalized spacial score (nSPS) is 12.2. The van der Waals surface area contributed by atoms with Crippen LogP contribution in [0.25, 0.3) is 21.8 Å². The fourth-order valence-electron chi connectivity index (χ4n) is 3.42. The zero-order valence-corrected chi connectivity index (χ0v) is 14.7. The number of hydrogen-bond donors (Lipinski definition) is 0. The molecule has 0 radical (unpaired) electrons. The Hall–Kier alpha value is -2.94. The molecule has 2 heterocycles. The van der Waals surface area contributed by atoms with Crippen molar-refractivity contribution in [2.24, 2.45) is 4.99 Å². The summed E-state index contributed by atoms with van der Waals surface area (Å²) in [5.41, 5.74) is 3.45. The number of para-hydroxylation sites is 2. The number of aromatic nitrogens is 2. The van der Waals surface area contributed by atoms with Gasteiger partial charge in [-0.25, -0.2) is 4.99 Å². The maximum atomic E-state index is 5.02. The first-order valence-electron chi connectivity index (χ1n) is 8.86. The van der Waals surface area contributed by atoms with Crippen molar-refractivity contribution in [3.05, 3.63) is 78.4 Å². The molecule has 2 aromatic heterocycles. The molecular formula is C22H22N3+. The predicted octanol–water partition coefficient (Wildman–Crippen LogP) is 4.35. The fraction of sp³-hybridized carbons (Fsp3) is 0.182. The molecule has 4 aromatic rings. The Balaban J connectivity index is 2.02. The molecule has 0 bridgehead atoms. The zero-order chi connectivity index (χ0) is 17.2. The van der Waals surface area contributed by atoms with Crippen molar-refractivity contribution < 1.29 is 4.57 Å². The van der Waals surface area contributed by atoms with E-state index < -0.39 is 0 Å².